The molecular weight excluding hydrogens is 366 g/mol. The molecule has 7 heteroatoms. The van der Waals surface area contributed by atoms with E-state index in [4.69, 9.17) is 0 Å². The zero-order chi connectivity index (χ0) is 22.4. The van der Waals surface area contributed by atoms with Crippen molar-refractivity contribution in [2.45, 2.75) is 66.6 Å². The van der Waals surface area contributed by atoms with Gasteiger partial charge < -0.3 is 25.8 Å². The van der Waals surface area contributed by atoms with Gasteiger partial charge in [-0.1, -0.05) is 13.8 Å². The molecule has 0 aliphatic rings. The SMILES string of the molecule is CCNC(=O)Nc1ccc(N(C)C)c(CN(C(=O)NC(C)(C)C)C(C)C(C)C)c1. The fourth-order valence-electron chi connectivity index (χ4n) is 2.90. The van der Waals surface area contributed by atoms with Gasteiger partial charge in [0.2, 0.25) is 0 Å². The lowest BCUT2D eigenvalue weighted by atomic mass is 10.0. The maximum absolute atomic E-state index is 13.1. The van der Waals surface area contributed by atoms with E-state index >= 15 is 0 Å². The number of nitrogens with one attached hydrogen (secondary N) is 3. The Morgan fingerprint density at radius 3 is 2.21 bits per heavy atom. The summed E-state index contributed by atoms with van der Waals surface area (Å²) in [6, 6.07) is 5.50. The van der Waals surface area contributed by atoms with E-state index < -0.39 is 0 Å². The molecule has 1 atom stereocenters. The number of rotatable bonds is 7. The second-order valence-corrected chi connectivity index (χ2v) is 9.02. The maximum Gasteiger partial charge on any atom is 0.319 e. The molecule has 0 radical (unpaired) electrons. The van der Waals surface area contributed by atoms with E-state index in [1.54, 1.807) is 0 Å². The first-order valence-corrected chi connectivity index (χ1v) is 10.3. The van der Waals surface area contributed by atoms with Crippen LogP contribution in [0.25, 0.3) is 0 Å². The average Bonchev–Trinajstić information content (AvgIpc) is 2.57. The number of amides is 4. The third-order valence-electron chi connectivity index (χ3n) is 4.70. The molecule has 0 heterocycles. The molecule has 1 aromatic rings. The molecule has 3 N–H and O–H groups in total. The van der Waals surface area contributed by atoms with Crippen LogP contribution in [0.3, 0.4) is 0 Å². The summed E-state index contributed by atoms with van der Waals surface area (Å²) in [6.07, 6.45) is 0. The van der Waals surface area contributed by atoms with Gasteiger partial charge in [0, 0.05) is 50.1 Å². The van der Waals surface area contributed by atoms with Crippen LogP contribution in [0, 0.1) is 5.92 Å². The second-order valence-electron chi connectivity index (χ2n) is 9.02. The average molecular weight is 406 g/mol. The van der Waals surface area contributed by atoms with Crippen molar-refractivity contribution in [3.05, 3.63) is 23.8 Å². The summed E-state index contributed by atoms with van der Waals surface area (Å²) in [7, 11) is 3.95. The number of urea groups is 2. The van der Waals surface area contributed by atoms with Crippen LogP contribution >= 0.6 is 0 Å². The molecule has 0 bridgehead atoms. The molecule has 0 aromatic heterocycles. The van der Waals surface area contributed by atoms with Crippen molar-refractivity contribution in [2.24, 2.45) is 5.92 Å². The molecule has 29 heavy (non-hydrogen) atoms. The molecular formula is C22H39N5O2. The van der Waals surface area contributed by atoms with Crippen molar-refractivity contribution in [1.29, 1.82) is 0 Å². The molecule has 0 saturated carbocycles. The van der Waals surface area contributed by atoms with E-state index in [2.05, 4.69) is 36.7 Å². The highest BCUT2D eigenvalue weighted by molar-refractivity contribution is 5.89. The van der Waals surface area contributed by atoms with Crippen LogP contribution in [0.4, 0.5) is 21.0 Å². The molecule has 1 aromatic carbocycles. The van der Waals surface area contributed by atoms with Gasteiger partial charge in [-0.25, -0.2) is 9.59 Å². The van der Waals surface area contributed by atoms with Crippen LogP contribution < -0.4 is 20.9 Å². The predicted octanol–water partition coefficient (Wildman–Crippen LogP) is 4.25. The Balaban J connectivity index is 3.26. The van der Waals surface area contributed by atoms with Crippen LogP contribution in [0.2, 0.25) is 0 Å². The standard InChI is InChI=1S/C22H39N5O2/c1-10-23-20(28)24-18-11-12-19(26(8)9)17(13-18)14-27(16(4)15(2)3)21(29)25-22(5,6)7/h11-13,15-16H,10,14H2,1-9H3,(H,25,29)(H2,23,24,28). The Bertz CT molecular complexity index is 695. The Kier molecular flexibility index (Phi) is 8.80. The van der Waals surface area contributed by atoms with Gasteiger partial charge in [-0.15, -0.1) is 0 Å². The lowest BCUT2D eigenvalue weighted by molar-refractivity contribution is 0.150. The van der Waals surface area contributed by atoms with Crippen molar-refractivity contribution in [1.82, 2.24) is 15.5 Å². The summed E-state index contributed by atoms with van der Waals surface area (Å²) in [5, 5.41) is 8.67. The van der Waals surface area contributed by atoms with Gasteiger partial charge >= 0.3 is 12.1 Å². The van der Waals surface area contributed by atoms with Crippen molar-refractivity contribution >= 4 is 23.4 Å². The predicted molar refractivity (Wildman–Crippen MR) is 122 cm³/mol. The van der Waals surface area contributed by atoms with E-state index in [-0.39, 0.29) is 23.6 Å². The molecule has 4 amide bonds. The first-order chi connectivity index (χ1) is 13.4. The van der Waals surface area contributed by atoms with Crippen LogP contribution in [-0.2, 0) is 6.54 Å². The maximum atomic E-state index is 13.1. The highest BCUT2D eigenvalue weighted by Gasteiger charge is 2.27. The monoisotopic (exact) mass is 405 g/mol. The summed E-state index contributed by atoms with van der Waals surface area (Å²) in [4.78, 5) is 28.9. The second kappa shape index (κ2) is 10.4. The van der Waals surface area contributed by atoms with E-state index in [1.807, 2.05) is 69.8 Å². The highest BCUT2D eigenvalue weighted by atomic mass is 16.2. The Morgan fingerprint density at radius 2 is 1.72 bits per heavy atom. The van der Waals surface area contributed by atoms with Gasteiger partial charge in [-0.3, -0.25) is 0 Å². The Hall–Kier alpha value is -2.44. The van der Waals surface area contributed by atoms with E-state index in [1.165, 1.54) is 0 Å². The number of benzene rings is 1. The number of hydrogen-bond acceptors (Lipinski definition) is 3. The first kappa shape index (κ1) is 24.6. The van der Waals surface area contributed by atoms with Crippen LogP contribution in [0.1, 0.15) is 54.0 Å². The van der Waals surface area contributed by atoms with Crippen molar-refractivity contribution in [3.63, 3.8) is 0 Å². The quantitative estimate of drug-likeness (QED) is 0.635. The third kappa shape index (κ3) is 7.83. The summed E-state index contributed by atoms with van der Waals surface area (Å²) in [5.41, 5.74) is 2.36. The van der Waals surface area contributed by atoms with Crippen LogP contribution in [0.5, 0.6) is 0 Å². The molecule has 0 fully saturated rings. The van der Waals surface area contributed by atoms with E-state index in [0.29, 0.717) is 24.7 Å². The van der Waals surface area contributed by atoms with Gasteiger partial charge in [-0.2, -0.15) is 0 Å². The van der Waals surface area contributed by atoms with Crippen molar-refractivity contribution in [3.8, 4) is 0 Å². The number of carbonyl (C=O) groups is 2. The van der Waals surface area contributed by atoms with Crippen molar-refractivity contribution < 1.29 is 9.59 Å². The lowest BCUT2D eigenvalue weighted by Gasteiger charge is -2.35. The van der Waals surface area contributed by atoms with Gasteiger partial charge in [0.05, 0.1) is 0 Å². The third-order valence-corrected chi connectivity index (χ3v) is 4.70. The Labute approximate surface area is 176 Å². The summed E-state index contributed by atoms with van der Waals surface area (Å²) >= 11 is 0. The smallest absolute Gasteiger partial charge is 0.319 e. The normalized spacial score (nSPS) is 12.3. The van der Waals surface area contributed by atoms with E-state index in [9.17, 15) is 9.59 Å². The minimum absolute atomic E-state index is 0.0485. The fourth-order valence-corrected chi connectivity index (χ4v) is 2.90. The molecule has 0 aliphatic carbocycles. The zero-order valence-corrected chi connectivity index (χ0v) is 19.5. The summed E-state index contributed by atoms with van der Waals surface area (Å²) in [6.45, 7) is 15.1. The lowest BCUT2D eigenvalue weighted by Crippen LogP contribution is -2.52. The first-order valence-electron chi connectivity index (χ1n) is 10.3. The van der Waals surface area contributed by atoms with Crippen molar-refractivity contribution in [2.75, 3.05) is 30.9 Å². The molecule has 164 valence electrons. The fraction of sp³-hybridized carbons (Fsp3) is 0.636. The molecule has 0 saturated heterocycles. The van der Waals surface area contributed by atoms with E-state index in [0.717, 1.165) is 11.3 Å². The molecule has 1 rings (SSSR count). The van der Waals surface area contributed by atoms with Gasteiger partial charge in [-0.05, 0) is 64.3 Å². The minimum Gasteiger partial charge on any atom is -0.377 e. The van der Waals surface area contributed by atoms with Crippen LogP contribution in [0.15, 0.2) is 18.2 Å². The number of hydrogen-bond donors (Lipinski definition) is 3. The van der Waals surface area contributed by atoms with Gasteiger partial charge in [0.1, 0.15) is 0 Å². The zero-order valence-electron chi connectivity index (χ0n) is 19.5. The van der Waals surface area contributed by atoms with Crippen LogP contribution in [-0.4, -0.2) is 49.2 Å². The minimum atomic E-state index is -0.321. The number of anilines is 2. The number of nitrogens with zero attached hydrogens (tertiary/aromatic N) is 2. The Morgan fingerprint density at radius 1 is 1.10 bits per heavy atom. The van der Waals surface area contributed by atoms with Gasteiger partial charge in [0.15, 0.2) is 0 Å². The molecule has 1 unspecified atom stereocenters. The highest BCUT2D eigenvalue weighted by Crippen LogP contribution is 2.26. The molecule has 7 nitrogen and oxygen atoms in total. The van der Waals surface area contributed by atoms with Gasteiger partial charge in [0.25, 0.3) is 0 Å². The molecule has 0 aliphatic heterocycles. The topological polar surface area (TPSA) is 76.7 Å². The molecule has 0 spiro atoms. The summed E-state index contributed by atoms with van der Waals surface area (Å²) < 4.78 is 0. The summed E-state index contributed by atoms with van der Waals surface area (Å²) in [5.74, 6) is 0.306. The largest absolute Gasteiger partial charge is 0.377 e. The number of carbonyl (C=O) groups excluding carboxylic acids is 2.